The van der Waals surface area contributed by atoms with Gasteiger partial charge in [-0.25, -0.2) is 14.0 Å². The van der Waals surface area contributed by atoms with Crippen LogP contribution in [0.3, 0.4) is 0 Å². The second-order valence-corrected chi connectivity index (χ2v) is 8.14. The highest BCUT2D eigenvalue weighted by atomic mass is 35.5. The first-order valence-electron chi connectivity index (χ1n) is 11.0. The first kappa shape index (κ1) is 24.5. The summed E-state index contributed by atoms with van der Waals surface area (Å²) in [5.74, 6) is -1.24. The summed E-state index contributed by atoms with van der Waals surface area (Å²) in [6.45, 7) is 2.20. The first-order valence-corrected chi connectivity index (χ1v) is 11.4. The number of rotatable bonds is 10. The number of ether oxygens (including phenoxy) is 2. The monoisotopic (exact) mass is 468 g/mol. The lowest BCUT2D eigenvalue weighted by Crippen LogP contribution is -2.11. The van der Waals surface area contributed by atoms with Crippen LogP contribution in [0.25, 0.3) is 0 Å². The average Bonchev–Trinajstić information content (AvgIpc) is 2.81. The van der Waals surface area contributed by atoms with E-state index in [4.69, 9.17) is 21.1 Å². The van der Waals surface area contributed by atoms with Crippen molar-refractivity contribution in [3.05, 3.63) is 94.3 Å². The normalized spacial score (nSPS) is 10.6. The molecule has 0 amide bonds. The van der Waals surface area contributed by atoms with Gasteiger partial charge in [-0.15, -0.1) is 0 Å². The van der Waals surface area contributed by atoms with Gasteiger partial charge in [0.15, 0.2) is 0 Å². The quantitative estimate of drug-likeness (QED) is 0.176. The highest BCUT2D eigenvalue weighted by Gasteiger charge is 2.16. The van der Waals surface area contributed by atoms with E-state index in [0.717, 1.165) is 12.8 Å². The zero-order valence-electron chi connectivity index (χ0n) is 18.5. The molecule has 0 spiro atoms. The molecule has 0 fully saturated rings. The lowest BCUT2D eigenvalue weighted by Gasteiger charge is -2.09. The van der Waals surface area contributed by atoms with Gasteiger partial charge in [0.1, 0.15) is 17.3 Å². The van der Waals surface area contributed by atoms with E-state index in [9.17, 15) is 14.0 Å². The Labute approximate surface area is 198 Å². The minimum absolute atomic E-state index is 0.0748. The van der Waals surface area contributed by atoms with Crippen LogP contribution in [0, 0.1) is 5.82 Å². The van der Waals surface area contributed by atoms with Crippen LogP contribution in [0.1, 0.15) is 65.3 Å². The summed E-state index contributed by atoms with van der Waals surface area (Å²) in [4.78, 5) is 24.8. The number of unbranched alkanes of at least 4 members (excludes halogenated alkanes) is 4. The van der Waals surface area contributed by atoms with E-state index < -0.39 is 17.8 Å². The lowest BCUT2D eigenvalue weighted by atomic mass is 10.0. The standard InChI is InChI=1S/C27H26ClFO4/c1-2-3-4-5-6-7-19-8-10-20(11-9-19)26(30)33-23-16-17-24(25(28)18-23)27(31)32-22-14-12-21(29)13-15-22/h8-18H,2-7H2,1H3. The Morgan fingerprint density at radius 3 is 2.09 bits per heavy atom. The molecule has 3 aromatic rings. The van der Waals surface area contributed by atoms with Crippen LogP contribution in [0.5, 0.6) is 11.5 Å². The fourth-order valence-electron chi connectivity index (χ4n) is 3.30. The van der Waals surface area contributed by atoms with E-state index in [-0.39, 0.29) is 22.1 Å². The Morgan fingerprint density at radius 2 is 1.42 bits per heavy atom. The number of carbonyl (C=O) groups is 2. The highest BCUT2D eigenvalue weighted by molar-refractivity contribution is 6.33. The molecule has 0 aromatic heterocycles. The molecule has 0 radical (unpaired) electrons. The van der Waals surface area contributed by atoms with Gasteiger partial charge in [-0.3, -0.25) is 0 Å². The Hall–Kier alpha value is -3.18. The SMILES string of the molecule is CCCCCCCc1ccc(C(=O)Oc2ccc(C(=O)Oc3ccc(F)cc3)c(Cl)c2)cc1. The maximum atomic E-state index is 13.0. The van der Waals surface area contributed by atoms with E-state index >= 15 is 0 Å². The van der Waals surface area contributed by atoms with Crippen molar-refractivity contribution in [3.63, 3.8) is 0 Å². The summed E-state index contributed by atoms with van der Waals surface area (Å²) in [7, 11) is 0. The highest BCUT2D eigenvalue weighted by Crippen LogP contribution is 2.25. The molecule has 172 valence electrons. The van der Waals surface area contributed by atoms with Gasteiger partial charge in [0.2, 0.25) is 0 Å². The number of carbonyl (C=O) groups excluding carboxylic acids is 2. The van der Waals surface area contributed by atoms with Crippen molar-refractivity contribution in [1.82, 2.24) is 0 Å². The third-order valence-corrected chi connectivity index (χ3v) is 5.47. The number of esters is 2. The zero-order valence-corrected chi connectivity index (χ0v) is 19.2. The van der Waals surface area contributed by atoms with Gasteiger partial charge in [-0.2, -0.15) is 0 Å². The van der Waals surface area contributed by atoms with E-state index in [0.29, 0.717) is 5.56 Å². The Balaban J connectivity index is 1.56. The van der Waals surface area contributed by atoms with Gasteiger partial charge in [0.05, 0.1) is 16.1 Å². The van der Waals surface area contributed by atoms with Crippen molar-refractivity contribution in [2.45, 2.75) is 45.4 Å². The molecule has 33 heavy (non-hydrogen) atoms. The minimum atomic E-state index is -0.699. The van der Waals surface area contributed by atoms with Gasteiger partial charge in [-0.05, 0) is 66.9 Å². The van der Waals surface area contributed by atoms with E-state index in [1.54, 1.807) is 12.1 Å². The molecule has 3 aromatic carbocycles. The topological polar surface area (TPSA) is 52.6 Å². The minimum Gasteiger partial charge on any atom is -0.423 e. The van der Waals surface area contributed by atoms with Gasteiger partial charge < -0.3 is 9.47 Å². The van der Waals surface area contributed by atoms with Gasteiger partial charge >= 0.3 is 11.9 Å². The number of hydrogen-bond acceptors (Lipinski definition) is 4. The Morgan fingerprint density at radius 1 is 0.788 bits per heavy atom. The molecule has 0 aliphatic carbocycles. The number of halogens is 2. The molecule has 0 aliphatic heterocycles. The summed E-state index contributed by atoms with van der Waals surface area (Å²) in [6, 6.07) is 16.7. The van der Waals surface area contributed by atoms with Crippen molar-refractivity contribution >= 4 is 23.5 Å². The molecule has 0 N–H and O–H groups in total. The van der Waals surface area contributed by atoms with E-state index in [1.807, 2.05) is 12.1 Å². The molecule has 0 saturated carbocycles. The number of hydrogen-bond donors (Lipinski definition) is 0. The molecule has 3 rings (SSSR count). The molecule has 0 atom stereocenters. The number of benzene rings is 3. The summed E-state index contributed by atoms with van der Waals surface area (Å²) in [6.07, 6.45) is 7.09. The molecular formula is C27H26ClFO4. The van der Waals surface area contributed by atoms with Crippen molar-refractivity contribution in [1.29, 1.82) is 0 Å². The van der Waals surface area contributed by atoms with Crippen LogP contribution in [0.4, 0.5) is 4.39 Å². The smallest absolute Gasteiger partial charge is 0.345 e. The largest absolute Gasteiger partial charge is 0.423 e. The molecule has 0 aliphatic rings. The van der Waals surface area contributed by atoms with Crippen LogP contribution < -0.4 is 9.47 Å². The molecule has 0 unspecified atom stereocenters. The van der Waals surface area contributed by atoms with Crippen molar-refractivity contribution in [3.8, 4) is 11.5 Å². The second-order valence-electron chi connectivity index (χ2n) is 7.74. The third-order valence-electron chi connectivity index (χ3n) is 5.15. The zero-order chi connectivity index (χ0) is 23.6. The van der Waals surface area contributed by atoms with Crippen LogP contribution in [0.15, 0.2) is 66.7 Å². The van der Waals surface area contributed by atoms with Gasteiger partial charge in [0.25, 0.3) is 0 Å². The summed E-state index contributed by atoms with van der Waals surface area (Å²) < 4.78 is 23.6. The summed E-state index contributed by atoms with van der Waals surface area (Å²) in [5.41, 5.74) is 1.72. The predicted molar refractivity (Wildman–Crippen MR) is 127 cm³/mol. The molecule has 4 nitrogen and oxygen atoms in total. The fraction of sp³-hybridized carbons (Fsp3) is 0.259. The second kappa shape index (κ2) is 12.2. The van der Waals surface area contributed by atoms with E-state index in [2.05, 4.69) is 6.92 Å². The van der Waals surface area contributed by atoms with Crippen LogP contribution >= 0.6 is 11.6 Å². The van der Waals surface area contributed by atoms with Crippen LogP contribution in [-0.4, -0.2) is 11.9 Å². The van der Waals surface area contributed by atoms with Gasteiger partial charge in [0, 0.05) is 6.07 Å². The summed E-state index contributed by atoms with van der Waals surface area (Å²) >= 11 is 6.19. The fourth-order valence-corrected chi connectivity index (χ4v) is 3.54. The lowest BCUT2D eigenvalue weighted by molar-refractivity contribution is 0.0730. The molecule has 6 heteroatoms. The maximum absolute atomic E-state index is 13.0. The molecule has 0 saturated heterocycles. The number of aryl methyl sites for hydroxylation is 1. The van der Waals surface area contributed by atoms with Gasteiger partial charge in [-0.1, -0.05) is 56.3 Å². The predicted octanol–water partition coefficient (Wildman–Crippen LogP) is 7.43. The Kier molecular flexibility index (Phi) is 9.02. The first-order chi connectivity index (χ1) is 16.0. The van der Waals surface area contributed by atoms with E-state index in [1.165, 1.54) is 73.7 Å². The van der Waals surface area contributed by atoms with Crippen LogP contribution in [-0.2, 0) is 6.42 Å². The third kappa shape index (κ3) is 7.43. The maximum Gasteiger partial charge on any atom is 0.345 e. The van der Waals surface area contributed by atoms with Crippen molar-refractivity contribution in [2.24, 2.45) is 0 Å². The molecule has 0 bridgehead atoms. The molecular weight excluding hydrogens is 443 g/mol. The van der Waals surface area contributed by atoms with Crippen molar-refractivity contribution < 1.29 is 23.5 Å². The van der Waals surface area contributed by atoms with Crippen molar-refractivity contribution in [2.75, 3.05) is 0 Å². The summed E-state index contributed by atoms with van der Waals surface area (Å²) in [5, 5.41) is 0.0748. The molecule has 0 heterocycles. The Bertz CT molecular complexity index is 1080. The van der Waals surface area contributed by atoms with Crippen LogP contribution in [0.2, 0.25) is 5.02 Å². The average molecular weight is 469 g/mol.